The van der Waals surface area contributed by atoms with Crippen LogP contribution in [0.1, 0.15) is 31.8 Å². The Hall–Kier alpha value is -2.68. The first-order chi connectivity index (χ1) is 17.4. The smallest absolute Gasteiger partial charge is 0.261 e. The number of hydrogen-bond acceptors (Lipinski definition) is 6. The van der Waals surface area contributed by atoms with Crippen molar-refractivity contribution in [3.8, 4) is 5.75 Å². The monoisotopic (exact) mass is 557 g/mol. The van der Waals surface area contributed by atoms with E-state index in [4.69, 9.17) is 4.74 Å². The van der Waals surface area contributed by atoms with E-state index in [9.17, 15) is 14.7 Å². The maximum atomic E-state index is 13.1. The molecular formula is C29H33Cl2N3O4-2. The van der Waals surface area contributed by atoms with Gasteiger partial charge < -0.3 is 34.7 Å². The molecule has 9 heteroatoms. The third kappa shape index (κ3) is 6.30. The van der Waals surface area contributed by atoms with Crippen LogP contribution in [0.4, 0.5) is 0 Å². The molecule has 1 fully saturated rings. The second-order valence-electron chi connectivity index (χ2n) is 9.85. The SMILES string of the molecule is Cc1ccc(OCC(O)CN2CCN(CCN3C(=O)c4cccc5cccc(c45)C3=O)CC2)c(C)c1.[Cl-].[Cl-]. The van der Waals surface area contributed by atoms with E-state index in [2.05, 4.69) is 15.9 Å². The molecule has 38 heavy (non-hydrogen) atoms. The number of carbonyl (C=O) groups is 2. The van der Waals surface area contributed by atoms with E-state index in [0.29, 0.717) is 30.8 Å². The first kappa shape index (κ1) is 29.9. The van der Waals surface area contributed by atoms with Crippen LogP contribution in [0.25, 0.3) is 10.8 Å². The summed E-state index contributed by atoms with van der Waals surface area (Å²) in [4.78, 5) is 32.1. The molecule has 0 radical (unpaired) electrons. The van der Waals surface area contributed by atoms with Gasteiger partial charge in [-0.25, -0.2) is 0 Å². The average molecular weight is 559 g/mol. The molecule has 0 spiro atoms. The fraction of sp³-hybridized carbons (Fsp3) is 0.379. The number of carbonyl (C=O) groups excluding carboxylic acids is 2. The Morgan fingerprint density at radius 2 is 1.45 bits per heavy atom. The van der Waals surface area contributed by atoms with Gasteiger partial charge in [0.1, 0.15) is 18.5 Å². The molecule has 0 aromatic heterocycles. The van der Waals surface area contributed by atoms with Gasteiger partial charge in [0.05, 0.1) is 0 Å². The zero-order valence-corrected chi connectivity index (χ0v) is 23.2. The zero-order valence-electron chi connectivity index (χ0n) is 21.7. The molecule has 0 bridgehead atoms. The van der Waals surface area contributed by atoms with Crippen LogP contribution in [0.3, 0.4) is 0 Å². The summed E-state index contributed by atoms with van der Waals surface area (Å²) in [5.74, 6) is 0.384. The van der Waals surface area contributed by atoms with Crippen LogP contribution in [-0.2, 0) is 0 Å². The number of nitrogens with zero attached hydrogens (tertiary/aromatic N) is 3. The molecule has 1 unspecified atom stereocenters. The van der Waals surface area contributed by atoms with Gasteiger partial charge in [-0.15, -0.1) is 0 Å². The van der Waals surface area contributed by atoms with E-state index in [1.54, 1.807) is 0 Å². The molecule has 2 aliphatic rings. The van der Waals surface area contributed by atoms with Crippen molar-refractivity contribution in [1.29, 1.82) is 0 Å². The number of piperazine rings is 1. The van der Waals surface area contributed by atoms with Gasteiger partial charge in [0.25, 0.3) is 11.8 Å². The van der Waals surface area contributed by atoms with Crippen LogP contribution >= 0.6 is 0 Å². The lowest BCUT2D eigenvalue weighted by Gasteiger charge is -2.36. The van der Waals surface area contributed by atoms with Crippen LogP contribution in [0.5, 0.6) is 5.75 Å². The minimum absolute atomic E-state index is 0. The highest BCUT2D eigenvalue weighted by molar-refractivity contribution is 6.25. The van der Waals surface area contributed by atoms with Crippen molar-refractivity contribution in [3.05, 3.63) is 76.9 Å². The molecule has 204 valence electrons. The van der Waals surface area contributed by atoms with Crippen molar-refractivity contribution in [2.24, 2.45) is 0 Å². The average Bonchev–Trinajstić information content (AvgIpc) is 2.87. The third-order valence-electron chi connectivity index (χ3n) is 7.19. The Labute approximate surface area is 236 Å². The first-order valence-corrected chi connectivity index (χ1v) is 12.6. The summed E-state index contributed by atoms with van der Waals surface area (Å²) in [6.07, 6.45) is -0.566. The standard InChI is InChI=1S/C29H33N3O4.2ClH/c1-20-9-10-26(21(2)17-20)36-19-23(33)18-31-13-11-30(12-14-31)15-16-32-28(34)24-7-3-5-22-6-4-8-25(27(22)24)29(32)35;;/h3-10,17,23,33H,11-16,18-19H2,1-2H3;2*1H/p-2. The fourth-order valence-electron chi connectivity index (χ4n) is 5.22. The summed E-state index contributed by atoms with van der Waals surface area (Å²) < 4.78 is 5.83. The van der Waals surface area contributed by atoms with E-state index in [1.165, 1.54) is 10.5 Å². The van der Waals surface area contributed by atoms with Crippen molar-refractivity contribution in [2.45, 2.75) is 20.0 Å². The first-order valence-electron chi connectivity index (χ1n) is 12.6. The third-order valence-corrected chi connectivity index (χ3v) is 7.19. The lowest BCUT2D eigenvalue weighted by molar-refractivity contribution is -0.001000. The molecule has 3 aromatic rings. The van der Waals surface area contributed by atoms with E-state index in [1.807, 2.05) is 62.4 Å². The Kier molecular flexibility index (Phi) is 10.2. The molecule has 3 aromatic carbocycles. The van der Waals surface area contributed by atoms with Gasteiger partial charge in [-0.2, -0.15) is 0 Å². The van der Waals surface area contributed by atoms with Gasteiger partial charge in [0.2, 0.25) is 0 Å². The van der Waals surface area contributed by atoms with Crippen molar-refractivity contribution in [2.75, 3.05) is 52.4 Å². The maximum absolute atomic E-state index is 13.1. The molecule has 7 nitrogen and oxygen atoms in total. The predicted octanol–water partition coefficient (Wildman–Crippen LogP) is -2.88. The van der Waals surface area contributed by atoms with Gasteiger partial charge in [-0.1, -0.05) is 42.0 Å². The molecule has 2 aliphatic heterocycles. The fourth-order valence-corrected chi connectivity index (χ4v) is 5.22. The van der Waals surface area contributed by atoms with Crippen LogP contribution in [0, 0.1) is 13.8 Å². The summed E-state index contributed by atoms with van der Waals surface area (Å²) in [5, 5.41) is 12.2. The molecule has 1 saturated heterocycles. The summed E-state index contributed by atoms with van der Waals surface area (Å²) in [6, 6.07) is 17.3. The largest absolute Gasteiger partial charge is 1.00 e. The van der Waals surface area contributed by atoms with E-state index in [0.717, 1.165) is 48.3 Å². The molecule has 5 rings (SSSR count). The number of imide groups is 1. The molecule has 1 N–H and O–H groups in total. The quantitative estimate of drug-likeness (QED) is 0.300. The van der Waals surface area contributed by atoms with E-state index >= 15 is 0 Å². The molecule has 2 amide bonds. The number of β-amino-alcohol motifs (C(OH)–C–C–N with tert-alkyl or cyclic N) is 1. The molecule has 1 atom stereocenters. The number of aliphatic hydroxyl groups excluding tert-OH is 1. The lowest BCUT2D eigenvalue weighted by atomic mass is 9.94. The highest BCUT2D eigenvalue weighted by Crippen LogP contribution is 2.29. The number of aryl methyl sites for hydroxylation is 2. The highest BCUT2D eigenvalue weighted by Gasteiger charge is 2.33. The van der Waals surface area contributed by atoms with E-state index < -0.39 is 6.10 Å². The lowest BCUT2D eigenvalue weighted by Crippen LogP contribution is -3.00. The Morgan fingerprint density at radius 1 is 0.842 bits per heavy atom. The van der Waals surface area contributed by atoms with Crippen LogP contribution in [0.2, 0.25) is 0 Å². The summed E-state index contributed by atoms with van der Waals surface area (Å²) in [6.45, 7) is 9.19. The van der Waals surface area contributed by atoms with Crippen LogP contribution < -0.4 is 29.6 Å². The summed E-state index contributed by atoms with van der Waals surface area (Å²) in [7, 11) is 0. The van der Waals surface area contributed by atoms with Crippen molar-refractivity contribution < 1.29 is 44.2 Å². The number of rotatable bonds is 8. The van der Waals surface area contributed by atoms with Gasteiger partial charge in [-0.05, 0) is 43.0 Å². The number of hydrogen-bond donors (Lipinski definition) is 1. The highest BCUT2D eigenvalue weighted by atomic mass is 35.5. The van der Waals surface area contributed by atoms with Crippen molar-refractivity contribution in [3.63, 3.8) is 0 Å². The van der Waals surface area contributed by atoms with Crippen LogP contribution in [-0.4, -0.2) is 90.1 Å². The molecule has 2 heterocycles. The number of aliphatic hydroxyl groups is 1. The number of benzene rings is 3. The van der Waals surface area contributed by atoms with Crippen molar-refractivity contribution in [1.82, 2.24) is 14.7 Å². The van der Waals surface area contributed by atoms with Crippen LogP contribution in [0.15, 0.2) is 54.6 Å². The minimum atomic E-state index is -0.566. The number of halogens is 2. The predicted molar refractivity (Wildman–Crippen MR) is 140 cm³/mol. The minimum Gasteiger partial charge on any atom is -1.00 e. The van der Waals surface area contributed by atoms with Gasteiger partial charge >= 0.3 is 0 Å². The van der Waals surface area contributed by atoms with E-state index in [-0.39, 0.29) is 43.2 Å². The topological polar surface area (TPSA) is 73.3 Å². The normalized spacial score (nSPS) is 16.7. The number of amides is 2. The number of ether oxygens (including phenoxy) is 1. The Balaban J connectivity index is 0.00000200. The molecular weight excluding hydrogens is 525 g/mol. The maximum Gasteiger partial charge on any atom is 0.261 e. The Bertz CT molecular complexity index is 1240. The summed E-state index contributed by atoms with van der Waals surface area (Å²) >= 11 is 0. The van der Waals surface area contributed by atoms with Gasteiger partial charge in [0.15, 0.2) is 0 Å². The van der Waals surface area contributed by atoms with Gasteiger partial charge in [-0.3, -0.25) is 24.3 Å². The molecule has 0 saturated carbocycles. The summed E-state index contributed by atoms with van der Waals surface area (Å²) in [5.41, 5.74) is 3.46. The van der Waals surface area contributed by atoms with Gasteiger partial charge in [0, 0.05) is 62.3 Å². The zero-order chi connectivity index (χ0) is 25.2. The second-order valence-corrected chi connectivity index (χ2v) is 9.85. The molecule has 0 aliphatic carbocycles. The second kappa shape index (κ2) is 12.9. The Morgan fingerprint density at radius 3 is 2.05 bits per heavy atom. The van der Waals surface area contributed by atoms with Crippen molar-refractivity contribution >= 4 is 22.6 Å².